The van der Waals surface area contributed by atoms with Gasteiger partial charge in [-0.15, -0.1) is 0 Å². The summed E-state index contributed by atoms with van der Waals surface area (Å²) in [6.07, 6.45) is -2.80. The van der Waals surface area contributed by atoms with Crippen LogP contribution in [0.15, 0.2) is 28.9 Å². The largest absolute Gasteiger partial charge is 0.477 e. The highest BCUT2D eigenvalue weighted by Gasteiger charge is 2.32. The van der Waals surface area contributed by atoms with Crippen molar-refractivity contribution < 1.29 is 23.1 Å². The number of hydrogen-bond donors (Lipinski definition) is 1. The third kappa shape index (κ3) is 7.08. The van der Waals surface area contributed by atoms with Crippen LogP contribution in [0.2, 0.25) is 0 Å². The molecule has 0 heterocycles. The average molecular weight is 306 g/mol. The van der Waals surface area contributed by atoms with E-state index in [0.29, 0.717) is 12.1 Å². The molecular weight excluding hydrogens is 285 g/mol. The van der Waals surface area contributed by atoms with E-state index in [2.05, 4.69) is 11.6 Å². The molecule has 0 bridgehead atoms. The van der Waals surface area contributed by atoms with Crippen LogP contribution in [-0.2, 0) is 4.79 Å². The summed E-state index contributed by atoms with van der Waals surface area (Å²) in [5.41, 5.74) is -1.38. The van der Waals surface area contributed by atoms with Crippen molar-refractivity contribution in [2.75, 3.05) is 20.6 Å². The number of nitrogens with zero attached hydrogens (tertiary/aromatic N) is 2. The fraction of sp³-hybridized carbons (Fsp3) is 0.571. The van der Waals surface area contributed by atoms with Crippen LogP contribution in [0.5, 0.6) is 0 Å². The van der Waals surface area contributed by atoms with Gasteiger partial charge in [-0.25, -0.2) is 9.79 Å². The van der Waals surface area contributed by atoms with Crippen LogP contribution < -0.4 is 0 Å². The molecule has 0 aliphatic rings. The van der Waals surface area contributed by atoms with Gasteiger partial charge in [0.2, 0.25) is 0 Å². The highest BCUT2D eigenvalue weighted by Crippen LogP contribution is 2.25. The number of halogens is 3. The van der Waals surface area contributed by atoms with Gasteiger partial charge >= 0.3 is 12.1 Å². The molecule has 0 aromatic carbocycles. The number of carboxylic acid groups (broad SMARTS) is 1. The van der Waals surface area contributed by atoms with E-state index < -0.39 is 23.6 Å². The fourth-order valence-electron chi connectivity index (χ4n) is 1.50. The number of rotatable bonds is 7. The lowest BCUT2D eigenvalue weighted by Crippen LogP contribution is -2.22. The van der Waals surface area contributed by atoms with E-state index in [1.54, 1.807) is 14.1 Å². The first kappa shape index (κ1) is 19.4. The molecule has 0 aliphatic heterocycles. The molecular formula is C14H21F3N2O2. The van der Waals surface area contributed by atoms with Crippen molar-refractivity contribution in [2.45, 2.75) is 26.4 Å². The highest BCUT2D eigenvalue weighted by atomic mass is 19.4. The number of allylic oxidation sites excluding steroid dienone is 1. The van der Waals surface area contributed by atoms with Crippen molar-refractivity contribution in [3.63, 3.8) is 0 Å². The normalized spacial score (nSPS) is 15.2. The summed E-state index contributed by atoms with van der Waals surface area (Å²) in [7, 11) is 3.59. The maximum atomic E-state index is 12.4. The monoisotopic (exact) mass is 306 g/mol. The van der Waals surface area contributed by atoms with Crippen molar-refractivity contribution in [1.29, 1.82) is 0 Å². The minimum atomic E-state index is -4.74. The Bertz CT molecular complexity index is 452. The van der Waals surface area contributed by atoms with Gasteiger partial charge in [-0.3, -0.25) is 0 Å². The number of likely N-dealkylation sites (N-methyl/N-ethyl adjacent to an activating group) is 1. The smallest absolute Gasteiger partial charge is 0.432 e. The Kier molecular flexibility index (Phi) is 7.35. The molecule has 0 saturated heterocycles. The topological polar surface area (TPSA) is 52.9 Å². The van der Waals surface area contributed by atoms with E-state index in [-0.39, 0.29) is 5.92 Å². The third-order valence-electron chi connectivity index (χ3n) is 2.87. The molecule has 0 rings (SSSR count). The summed E-state index contributed by atoms with van der Waals surface area (Å²) in [6.45, 7) is 7.01. The lowest BCUT2D eigenvalue weighted by atomic mass is 9.96. The Balaban J connectivity index is 5.63. The summed E-state index contributed by atoms with van der Waals surface area (Å²) in [4.78, 5) is 16.0. The van der Waals surface area contributed by atoms with Crippen LogP contribution in [0, 0.1) is 5.92 Å². The van der Waals surface area contributed by atoms with E-state index >= 15 is 0 Å². The van der Waals surface area contributed by atoms with Gasteiger partial charge in [0.05, 0.1) is 0 Å². The molecule has 0 saturated carbocycles. The van der Waals surface area contributed by atoms with Gasteiger partial charge in [0.1, 0.15) is 11.4 Å². The van der Waals surface area contributed by atoms with Gasteiger partial charge in [-0.1, -0.05) is 26.0 Å². The van der Waals surface area contributed by atoms with Gasteiger partial charge in [0, 0.05) is 6.54 Å². The molecule has 0 aromatic heterocycles. The standard InChI is InChI=1S/C14H21F3N2O2/c1-6-9(2)11(8-19(4)5)7-12(13(20)21)18-10(3)14(15,16)17/h7,9H,3,6,8H2,1-2,4-5H3,(H,20,21)/b11-7-,18-12?. The molecule has 7 heteroatoms. The number of carbonyl (C=O) groups is 1. The summed E-state index contributed by atoms with van der Waals surface area (Å²) in [6, 6.07) is 0. The second-order valence-electron chi connectivity index (χ2n) is 5.01. The van der Waals surface area contributed by atoms with Crippen molar-refractivity contribution >= 4 is 11.7 Å². The molecule has 1 unspecified atom stereocenters. The lowest BCUT2D eigenvalue weighted by Gasteiger charge is -2.18. The van der Waals surface area contributed by atoms with Gasteiger partial charge in [0.25, 0.3) is 0 Å². The third-order valence-corrected chi connectivity index (χ3v) is 2.87. The summed E-state index contributed by atoms with van der Waals surface area (Å²) >= 11 is 0. The zero-order valence-corrected chi connectivity index (χ0v) is 12.7. The molecule has 21 heavy (non-hydrogen) atoms. The van der Waals surface area contributed by atoms with Crippen LogP contribution in [-0.4, -0.2) is 48.5 Å². The quantitative estimate of drug-likeness (QED) is 0.735. The number of alkyl halides is 3. The minimum absolute atomic E-state index is 0.0381. The first-order chi connectivity index (χ1) is 9.48. The SMILES string of the molecule is C=C(N=C(/C=C(/CN(C)C)C(C)CC)C(=O)O)C(F)(F)F. The van der Waals surface area contributed by atoms with Crippen LogP contribution in [0.3, 0.4) is 0 Å². The maximum absolute atomic E-state index is 12.4. The molecule has 0 aliphatic carbocycles. The predicted octanol–water partition coefficient (Wildman–Crippen LogP) is 3.12. The van der Waals surface area contributed by atoms with E-state index in [9.17, 15) is 18.0 Å². The van der Waals surface area contributed by atoms with E-state index in [1.165, 1.54) is 6.08 Å². The van der Waals surface area contributed by atoms with Crippen molar-refractivity contribution in [2.24, 2.45) is 10.9 Å². The molecule has 0 aromatic rings. The zero-order chi connectivity index (χ0) is 16.8. The van der Waals surface area contributed by atoms with Crippen molar-refractivity contribution in [1.82, 2.24) is 4.90 Å². The molecule has 120 valence electrons. The van der Waals surface area contributed by atoms with E-state index in [1.807, 2.05) is 18.7 Å². The zero-order valence-electron chi connectivity index (χ0n) is 12.7. The Morgan fingerprint density at radius 1 is 1.43 bits per heavy atom. The molecule has 0 amide bonds. The molecule has 0 spiro atoms. The maximum Gasteiger partial charge on any atom is 0.432 e. The summed E-state index contributed by atoms with van der Waals surface area (Å²) < 4.78 is 37.3. The Hall–Kier alpha value is -1.63. The van der Waals surface area contributed by atoms with Gasteiger partial charge in [-0.05, 0) is 32.5 Å². The van der Waals surface area contributed by atoms with Crippen LogP contribution in [0.4, 0.5) is 13.2 Å². The summed E-state index contributed by atoms with van der Waals surface area (Å²) in [5, 5.41) is 9.03. The van der Waals surface area contributed by atoms with Crippen LogP contribution in [0.25, 0.3) is 0 Å². The van der Waals surface area contributed by atoms with Gasteiger partial charge in [0.15, 0.2) is 0 Å². The minimum Gasteiger partial charge on any atom is -0.477 e. The van der Waals surface area contributed by atoms with E-state index in [4.69, 9.17) is 5.11 Å². The number of aliphatic imine (C=N–C) groups is 1. The van der Waals surface area contributed by atoms with Crippen LogP contribution in [0.1, 0.15) is 20.3 Å². The fourth-order valence-corrected chi connectivity index (χ4v) is 1.50. The highest BCUT2D eigenvalue weighted by molar-refractivity contribution is 6.40. The molecule has 0 fully saturated rings. The average Bonchev–Trinajstić information content (AvgIpc) is 2.33. The van der Waals surface area contributed by atoms with Gasteiger partial charge in [-0.2, -0.15) is 13.2 Å². The number of aliphatic carboxylic acids is 1. The van der Waals surface area contributed by atoms with Crippen molar-refractivity contribution in [3.8, 4) is 0 Å². The molecule has 0 radical (unpaired) electrons. The molecule has 1 atom stereocenters. The van der Waals surface area contributed by atoms with Gasteiger partial charge < -0.3 is 10.0 Å². The Morgan fingerprint density at radius 3 is 2.29 bits per heavy atom. The molecule has 4 nitrogen and oxygen atoms in total. The Morgan fingerprint density at radius 2 is 1.95 bits per heavy atom. The molecule has 1 N–H and O–H groups in total. The summed E-state index contributed by atoms with van der Waals surface area (Å²) in [5.74, 6) is -1.48. The number of hydrogen-bond acceptors (Lipinski definition) is 3. The number of carboxylic acids is 1. The first-order valence-electron chi connectivity index (χ1n) is 6.42. The first-order valence-corrected chi connectivity index (χ1v) is 6.42. The van der Waals surface area contributed by atoms with Crippen molar-refractivity contribution in [3.05, 3.63) is 23.9 Å². The second kappa shape index (κ2) is 7.97. The lowest BCUT2D eigenvalue weighted by molar-refractivity contribution is -0.129. The second-order valence-corrected chi connectivity index (χ2v) is 5.01. The van der Waals surface area contributed by atoms with E-state index in [0.717, 1.165) is 6.42 Å². The Labute approximate surface area is 122 Å². The van der Waals surface area contributed by atoms with Crippen LogP contribution >= 0.6 is 0 Å². The predicted molar refractivity (Wildman–Crippen MR) is 76.4 cm³/mol.